The van der Waals surface area contributed by atoms with Crippen molar-refractivity contribution in [1.82, 2.24) is 9.78 Å². The van der Waals surface area contributed by atoms with Gasteiger partial charge in [0.25, 0.3) is 5.91 Å². The maximum atomic E-state index is 12.5. The third-order valence-corrected chi connectivity index (χ3v) is 4.87. The molecule has 31 heavy (non-hydrogen) atoms. The Morgan fingerprint density at radius 1 is 1.00 bits per heavy atom. The summed E-state index contributed by atoms with van der Waals surface area (Å²) in [6.45, 7) is 1.91. The van der Waals surface area contributed by atoms with Crippen LogP contribution in [0.25, 0.3) is 16.9 Å². The summed E-state index contributed by atoms with van der Waals surface area (Å²) < 4.78 is 6.78. The molecule has 1 amide bonds. The molecule has 0 atom stereocenters. The Kier molecular flexibility index (Phi) is 5.57. The Bertz CT molecular complexity index is 1230. The van der Waals surface area contributed by atoms with Crippen LogP contribution in [0.15, 0.2) is 84.0 Å². The minimum atomic E-state index is -0.297. The number of amides is 1. The predicted octanol–water partition coefficient (Wildman–Crippen LogP) is 5.51. The summed E-state index contributed by atoms with van der Waals surface area (Å²) in [7, 11) is 1.56. The molecule has 154 valence electrons. The number of methoxy groups -OCH3 is 1. The number of nitrogens with zero attached hydrogens (tertiary/aromatic N) is 3. The van der Waals surface area contributed by atoms with Crippen LogP contribution in [0.5, 0.6) is 5.75 Å². The van der Waals surface area contributed by atoms with Crippen LogP contribution in [0.1, 0.15) is 16.1 Å². The van der Waals surface area contributed by atoms with Crippen LogP contribution in [0.2, 0.25) is 0 Å². The molecule has 0 bridgehead atoms. The number of anilines is 1. The van der Waals surface area contributed by atoms with Crippen LogP contribution in [0, 0.1) is 11.8 Å². The van der Waals surface area contributed by atoms with Gasteiger partial charge in [-0.3, -0.25) is 4.79 Å². The van der Waals surface area contributed by atoms with Gasteiger partial charge in [-0.25, -0.2) is 4.68 Å². The van der Waals surface area contributed by atoms with Gasteiger partial charge >= 0.3 is 0 Å². The average molecular weight is 412 g/mol. The molecule has 0 saturated heterocycles. The first-order valence-corrected chi connectivity index (χ1v) is 9.64. The normalized spacial score (nSPS) is 10.5. The zero-order valence-electron chi connectivity index (χ0n) is 17.1. The molecule has 0 aliphatic heterocycles. The van der Waals surface area contributed by atoms with Gasteiger partial charge in [0.2, 0.25) is 0 Å². The predicted molar refractivity (Wildman–Crippen MR) is 120 cm³/mol. The molecule has 7 nitrogen and oxygen atoms in total. The van der Waals surface area contributed by atoms with Gasteiger partial charge < -0.3 is 10.1 Å². The Morgan fingerprint density at radius 3 is 2.42 bits per heavy atom. The number of nitroso groups, excluding NO2 is 1. The fraction of sp³-hybridized carbons (Fsp3) is 0.0833. The molecule has 7 heteroatoms. The highest BCUT2D eigenvalue weighted by atomic mass is 16.5. The molecular weight excluding hydrogens is 392 g/mol. The van der Waals surface area contributed by atoms with Gasteiger partial charge in [0.1, 0.15) is 11.4 Å². The van der Waals surface area contributed by atoms with Gasteiger partial charge in [-0.15, -0.1) is 4.91 Å². The third kappa shape index (κ3) is 4.20. The molecule has 1 heterocycles. The quantitative estimate of drug-likeness (QED) is 0.423. The highest BCUT2D eigenvalue weighted by molar-refractivity contribution is 6.04. The van der Waals surface area contributed by atoms with Crippen molar-refractivity contribution in [3.8, 4) is 22.7 Å². The number of benzene rings is 3. The van der Waals surface area contributed by atoms with Gasteiger partial charge in [0.15, 0.2) is 0 Å². The Balaban J connectivity index is 1.61. The van der Waals surface area contributed by atoms with E-state index in [0.29, 0.717) is 22.7 Å². The van der Waals surface area contributed by atoms with Crippen molar-refractivity contribution in [2.24, 2.45) is 5.18 Å². The molecule has 0 aliphatic carbocycles. The zero-order chi connectivity index (χ0) is 21.8. The van der Waals surface area contributed by atoms with E-state index in [1.165, 1.54) is 6.07 Å². The lowest BCUT2D eigenvalue weighted by molar-refractivity contribution is 0.102. The second-order valence-corrected chi connectivity index (χ2v) is 6.93. The standard InChI is InChI=1S/C24H20N4O3/c1-16-14-21(17-6-4-3-5-7-17)26-28(16)23-13-10-19(15-22(23)27-30)25-24(29)18-8-11-20(31-2)12-9-18/h3-15H,1-2H3,(H,25,29). The molecule has 0 spiro atoms. The molecule has 0 radical (unpaired) electrons. The number of nitrogens with one attached hydrogen (secondary N) is 1. The topological polar surface area (TPSA) is 85.6 Å². The summed E-state index contributed by atoms with van der Waals surface area (Å²) in [4.78, 5) is 24.1. The highest BCUT2D eigenvalue weighted by Gasteiger charge is 2.14. The van der Waals surface area contributed by atoms with Crippen molar-refractivity contribution in [3.05, 3.63) is 95.0 Å². The van der Waals surface area contributed by atoms with Crippen LogP contribution in [-0.2, 0) is 0 Å². The highest BCUT2D eigenvalue weighted by Crippen LogP contribution is 2.30. The van der Waals surface area contributed by atoms with Crippen LogP contribution in [0.4, 0.5) is 11.4 Å². The number of hydrogen-bond donors (Lipinski definition) is 1. The summed E-state index contributed by atoms with van der Waals surface area (Å²) in [5.74, 6) is 0.367. The first kappa shape index (κ1) is 20.0. The number of hydrogen-bond acceptors (Lipinski definition) is 5. The fourth-order valence-corrected chi connectivity index (χ4v) is 3.27. The van der Waals surface area contributed by atoms with Crippen LogP contribution < -0.4 is 10.1 Å². The number of aromatic nitrogens is 2. The number of rotatable bonds is 6. The minimum Gasteiger partial charge on any atom is -0.497 e. The Morgan fingerprint density at radius 2 is 1.74 bits per heavy atom. The number of aryl methyl sites for hydroxylation is 1. The van der Waals surface area contributed by atoms with Crippen molar-refractivity contribution < 1.29 is 9.53 Å². The summed E-state index contributed by atoms with van der Waals surface area (Å²) in [5, 5.41) is 10.6. The lowest BCUT2D eigenvalue weighted by atomic mass is 10.1. The molecule has 3 aromatic carbocycles. The zero-order valence-corrected chi connectivity index (χ0v) is 17.1. The smallest absolute Gasteiger partial charge is 0.255 e. The van der Waals surface area contributed by atoms with Crippen molar-refractivity contribution in [2.45, 2.75) is 6.92 Å². The van der Waals surface area contributed by atoms with Crippen molar-refractivity contribution in [1.29, 1.82) is 0 Å². The Labute approximate surface area is 179 Å². The number of carbonyl (C=O) groups excluding carboxylic acids is 1. The maximum Gasteiger partial charge on any atom is 0.255 e. The van der Waals surface area contributed by atoms with Crippen LogP contribution >= 0.6 is 0 Å². The first-order valence-electron chi connectivity index (χ1n) is 9.64. The van der Waals surface area contributed by atoms with Crippen molar-refractivity contribution in [2.75, 3.05) is 12.4 Å². The second-order valence-electron chi connectivity index (χ2n) is 6.93. The van der Waals surface area contributed by atoms with Crippen LogP contribution in [0.3, 0.4) is 0 Å². The van der Waals surface area contributed by atoms with E-state index in [0.717, 1.165) is 17.0 Å². The van der Waals surface area contributed by atoms with Gasteiger partial charge in [0.05, 0.1) is 18.5 Å². The SMILES string of the molecule is COc1ccc(C(=O)Nc2ccc(-n3nc(-c4ccccc4)cc3C)c(N=O)c2)cc1. The molecule has 0 fully saturated rings. The molecular formula is C24H20N4O3. The van der Waals surface area contributed by atoms with Gasteiger partial charge in [-0.1, -0.05) is 30.3 Å². The Hall–Kier alpha value is -4.26. The third-order valence-electron chi connectivity index (χ3n) is 4.87. The summed E-state index contributed by atoms with van der Waals surface area (Å²) in [5.41, 5.74) is 4.29. The van der Waals surface area contributed by atoms with Crippen molar-refractivity contribution >= 4 is 17.3 Å². The van der Waals surface area contributed by atoms with E-state index in [2.05, 4.69) is 15.6 Å². The lowest BCUT2D eigenvalue weighted by Gasteiger charge is -2.10. The van der Waals surface area contributed by atoms with E-state index in [9.17, 15) is 9.70 Å². The number of ether oxygens (including phenoxy) is 1. The average Bonchev–Trinajstić information content (AvgIpc) is 3.21. The van der Waals surface area contributed by atoms with E-state index >= 15 is 0 Å². The van der Waals surface area contributed by atoms with Crippen molar-refractivity contribution in [3.63, 3.8) is 0 Å². The largest absolute Gasteiger partial charge is 0.497 e. The van der Waals surface area contributed by atoms with Gasteiger partial charge in [-0.05, 0) is 60.6 Å². The molecule has 4 aromatic rings. The van der Waals surface area contributed by atoms with Crippen LogP contribution in [-0.4, -0.2) is 22.8 Å². The van der Waals surface area contributed by atoms with E-state index in [-0.39, 0.29) is 11.6 Å². The molecule has 4 rings (SSSR count). The summed E-state index contributed by atoms with van der Waals surface area (Å²) in [6, 6.07) is 23.5. The molecule has 0 saturated carbocycles. The van der Waals surface area contributed by atoms with E-state index in [1.807, 2.05) is 43.3 Å². The maximum absolute atomic E-state index is 12.5. The lowest BCUT2D eigenvalue weighted by Crippen LogP contribution is -2.12. The van der Waals surface area contributed by atoms with Gasteiger partial charge in [-0.2, -0.15) is 5.10 Å². The molecule has 1 N–H and O–H groups in total. The minimum absolute atomic E-state index is 0.179. The summed E-state index contributed by atoms with van der Waals surface area (Å²) >= 11 is 0. The molecule has 0 aliphatic rings. The summed E-state index contributed by atoms with van der Waals surface area (Å²) in [6.07, 6.45) is 0. The van der Waals surface area contributed by atoms with E-state index in [4.69, 9.17) is 4.74 Å². The monoisotopic (exact) mass is 412 g/mol. The first-order chi connectivity index (χ1) is 15.1. The van der Waals surface area contributed by atoms with Gasteiger partial charge in [0, 0.05) is 22.5 Å². The molecule has 1 aromatic heterocycles. The van der Waals surface area contributed by atoms with E-state index < -0.39 is 0 Å². The fourth-order valence-electron chi connectivity index (χ4n) is 3.27. The van der Waals surface area contributed by atoms with E-state index in [1.54, 1.807) is 48.2 Å². The number of carbonyl (C=O) groups is 1. The molecule has 0 unspecified atom stereocenters. The second kappa shape index (κ2) is 8.62.